The molecule has 1 atom stereocenters. The minimum absolute atomic E-state index is 0.235. The molecule has 11 heteroatoms. The van der Waals surface area contributed by atoms with Gasteiger partial charge in [0.25, 0.3) is 5.91 Å². The van der Waals surface area contributed by atoms with Gasteiger partial charge in [0, 0.05) is 29.4 Å². The number of carbonyl (C=O) groups is 1. The Morgan fingerprint density at radius 2 is 2.03 bits per heavy atom. The standard InChI is InChI=1S/C27H27FN8O2/c28-18-4-5-23-20(15-18)21(7-13-38-23)32-25(37)17-2-1-3-19(14-17)34-27(8-11-29-12-9-27)26-33-24(35-36-26)22-6-10-30-16-31-22/h1-6,10,14-16,21,29,34H,7-9,11-13H2,(H,32,37)(H,33,35,36)/t21-/m1/s1. The summed E-state index contributed by atoms with van der Waals surface area (Å²) in [6.45, 7) is 2.06. The van der Waals surface area contributed by atoms with E-state index in [0.717, 1.165) is 31.6 Å². The summed E-state index contributed by atoms with van der Waals surface area (Å²) in [5.41, 5.74) is 2.08. The molecule has 0 bridgehead atoms. The van der Waals surface area contributed by atoms with E-state index in [9.17, 15) is 9.18 Å². The van der Waals surface area contributed by atoms with E-state index in [1.165, 1.54) is 18.5 Å². The van der Waals surface area contributed by atoms with Crippen LogP contribution in [0, 0.1) is 5.82 Å². The fraction of sp³-hybridized carbons (Fsp3) is 0.296. The van der Waals surface area contributed by atoms with E-state index in [0.29, 0.717) is 47.2 Å². The number of aromatic nitrogens is 5. The molecule has 0 spiro atoms. The first-order valence-corrected chi connectivity index (χ1v) is 12.6. The number of nitrogens with zero attached hydrogens (tertiary/aromatic N) is 4. The van der Waals surface area contributed by atoms with E-state index < -0.39 is 5.54 Å². The van der Waals surface area contributed by atoms with Crippen LogP contribution in [0.5, 0.6) is 5.75 Å². The molecule has 2 aromatic heterocycles. The summed E-state index contributed by atoms with van der Waals surface area (Å²) in [4.78, 5) is 26.2. The van der Waals surface area contributed by atoms with Crippen LogP contribution in [0.4, 0.5) is 10.1 Å². The lowest BCUT2D eigenvalue weighted by Crippen LogP contribution is -2.46. The quantitative estimate of drug-likeness (QED) is 0.308. The third-order valence-electron chi connectivity index (χ3n) is 7.03. The van der Waals surface area contributed by atoms with Crippen LogP contribution in [0.25, 0.3) is 11.5 Å². The van der Waals surface area contributed by atoms with Gasteiger partial charge in [0.15, 0.2) is 11.6 Å². The number of aromatic amines is 1. The first kappa shape index (κ1) is 24.0. The van der Waals surface area contributed by atoms with Crippen molar-refractivity contribution in [3.05, 3.63) is 83.8 Å². The summed E-state index contributed by atoms with van der Waals surface area (Å²) in [6, 6.07) is 13.2. The molecule has 10 nitrogen and oxygen atoms in total. The Morgan fingerprint density at radius 3 is 2.87 bits per heavy atom. The van der Waals surface area contributed by atoms with Crippen LogP contribution >= 0.6 is 0 Å². The highest BCUT2D eigenvalue weighted by atomic mass is 19.1. The van der Waals surface area contributed by atoms with Crippen LogP contribution < -0.4 is 20.7 Å². The molecule has 0 radical (unpaired) electrons. The molecule has 0 unspecified atom stereocenters. The molecule has 2 aliphatic rings. The highest BCUT2D eigenvalue weighted by Crippen LogP contribution is 2.35. The lowest BCUT2D eigenvalue weighted by molar-refractivity contribution is 0.0924. The number of piperidine rings is 1. The van der Waals surface area contributed by atoms with Gasteiger partial charge in [-0.3, -0.25) is 9.89 Å². The predicted molar refractivity (Wildman–Crippen MR) is 138 cm³/mol. The van der Waals surface area contributed by atoms with Crippen molar-refractivity contribution in [2.45, 2.75) is 30.8 Å². The normalized spacial score (nSPS) is 18.2. The zero-order valence-corrected chi connectivity index (χ0v) is 20.6. The number of hydrogen-bond acceptors (Lipinski definition) is 8. The maximum atomic E-state index is 13.9. The average molecular weight is 515 g/mol. The topological polar surface area (TPSA) is 130 Å². The van der Waals surface area contributed by atoms with Gasteiger partial charge in [-0.25, -0.2) is 19.3 Å². The van der Waals surface area contributed by atoms with Gasteiger partial charge in [0.1, 0.15) is 23.6 Å². The Kier molecular flexibility index (Phi) is 6.42. The maximum Gasteiger partial charge on any atom is 0.251 e. The Balaban J connectivity index is 1.23. The molecule has 194 valence electrons. The molecule has 1 amide bonds. The lowest BCUT2D eigenvalue weighted by Gasteiger charge is -2.37. The molecule has 6 rings (SSSR count). The van der Waals surface area contributed by atoms with Crippen molar-refractivity contribution in [3.63, 3.8) is 0 Å². The molecule has 4 N–H and O–H groups in total. The summed E-state index contributed by atoms with van der Waals surface area (Å²) in [5, 5.41) is 17.6. The second-order valence-corrected chi connectivity index (χ2v) is 9.49. The van der Waals surface area contributed by atoms with Crippen molar-refractivity contribution < 1.29 is 13.9 Å². The van der Waals surface area contributed by atoms with Crippen LogP contribution in [0.2, 0.25) is 0 Å². The number of ether oxygens (including phenoxy) is 1. The Labute approximate surface area is 218 Å². The van der Waals surface area contributed by atoms with E-state index in [1.807, 2.05) is 18.2 Å². The van der Waals surface area contributed by atoms with Crippen LogP contribution in [0.1, 0.15) is 47.1 Å². The van der Waals surface area contributed by atoms with Gasteiger partial charge in [0.2, 0.25) is 0 Å². The average Bonchev–Trinajstić information content (AvgIpc) is 3.46. The number of hydrogen-bond donors (Lipinski definition) is 4. The number of amides is 1. The van der Waals surface area contributed by atoms with Crippen molar-refractivity contribution >= 4 is 11.6 Å². The first-order chi connectivity index (χ1) is 18.6. The number of carbonyl (C=O) groups excluding carboxylic acids is 1. The molecule has 38 heavy (non-hydrogen) atoms. The van der Waals surface area contributed by atoms with Crippen LogP contribution in [0.15, 0.2) is 61.1 Å². The van der Waals surface area contributed by atoms with Crippen molar-refractivity contribution in [2.24, 2.45) is 0 Å². The molecule has 0 aliphatic carbocycles. The molecule has 1 fully saturated rings. The summed E-state index contributed by atoms with van der Waals surface area (Å²) in [7, 11) is 0. The summed E-state index contributed by atoms with van der Waals surface area (Å²) in [6.07, 6.45) is 5.23. The highest BCUT2D eigenvalue weighted by Gasteiger charge is 2.37. The second kappa shape index (κ2) is 10.2. The number of fused-ring (bicyclic) bond motifs is 1. The van der Waals surface area contributed by atoms with E-state index >= 15 is 0 Å². The van der Waals surface area contributed by atoms with Gasteiger partial charge in [-0.15, -0.1) is 0 Å². The first-order valence-electron chi connectivity index (χ1n) is 12.6. The fourth-order valence-electron chi connectivity index (χ4n) is 5.06. The monoisotopic (exact) mass is 514 g/mol. The molecule has 4 aromatic rings. The zero-order valence-electron chi connectivity index (χ0n) is 20.6. The lowest BCUT2D eigenvalue weighted by atomic mass is 9.87. The summed E-state index contributed by atoms with van der Waals surface area (Å²) in [5.74, 6) is 1.22. The Hall–Kier alpha value is -4.38. The number of rotatable bonds is 6. The minimum atomic E-state index is -0.504. The Morgan fingerprint density at radius 1 is 1.13 bits per heavy atom. The zero-order chi connectivity index (χ0) is 26.0. The molecular formula is C27H27FN8O2. The van der Waals surface area contributed by atoms with Gasteiger partial charge < -0.3 is 20.7 Å². The summed E-state index contributed by atoms with van der Waals surface area (Å²) >= 11 is 0. The minimum Gasteiger partial charge on any atom is -0.493 e. The van der Waals surface area contributed by atoms with Gasteiger partial charge in [-0.2, -0.15) is 5.10 Å². The van der Waals surface area contributed by atoms with E-state index in [2.05, 4.69) is 36.1 Å². The van der Waals surface area contributed by atoms with Crippen molar-refractivity contribution in [1.29, 1.82) is 0 Å². The number of anilines is 1. The Bertz CT molecular complexity index is 1440. The van der Waals surface area contributed by atoms with Crippen LogP contribution in [-0.4, -0.2) is 50.8 Å². The molecular weight excluding hydrogens is 487 g/mol. The third kappa shape index (κ3) is 4.80. The van der Waals surface area contributed by atoms with E-state index in [1.54, 1.807) is 24.4 Å². The van der Waals surface area contributed by atoms with E-state index in [-0.39, 0.29) is 17.8 Å². The van der Waals surface area contributed by atoms with Gasteiger partial charge in [-0.05, 0) is 68.4 Å². The fourth-order valence-corrected chi connectivity index (χ4v) is 5.06. The largest absolute Gasteiger partial charge is 0.493 e. The van der Waals surface area contributed by atoms with Gasteiger partial charge in [0.05, 0.1) is 18.2 Å². The van der Waals surface area contributed by atoms with E-state index in [4.69, 9.17) is 9.72 Å². The number of halogens is 1. The number of H-pyrrole nitrogens is 1. The summed E-state index contributed by atoms with van der Waals surface area (Å²) < 4.78 is 19.5. The number of nitrogens with one attached hydrogen (secondary N) is 4. The SMILES string of the molecule is O=C(N[C@@H]1CCOc2ccc(F)cc21)c1cccc(NC2(c3nc(-c4ccncn4)n[nH]3)CCNCC2)c1. The molecule has 2 aliphatic heterocycles. The van der Waals surface area contributed by atoms with Crippen molar-refractivity contribution in [1.82, 2.24) is 35.8 Å². The molecule has 1 saturated heterocycles. The number of benzene rings is 2. The maximum absolute atomic E-state index is 13.9. The van der Waals surface area contributed by atoms with Crippen molar-refractivity contribution in [2.75, 3.05) is 25.0 Å². The second-order valence-electron chi connectivity index (χ2n) is 9.49. The predicted octanol–water partition coefficient (Wildman–Crippen LogP) is 3.35. The molecule has 2 aromatic carbocycles. The van der Waals surface area contributed by atoms with Gasteiger partial charge >= 0.3 is 0 Å². The van der Waals surface area contributed by atoms with Crippen molar-refractivity contribution in [3.8, 4) is 17.3 Å². The third-order valence-corrected chi connectivity index (χ3v) is 7.03. The molecule has 0 saturated carbocycles. The smallest absolute Gasteiger partial charge is 0.251 e. The van der Waals surface area contributed by atoms with Gasteiger partial charge in [-0.1, -0.05) is 6.07 Å². The van der Waals surface area contributed by atoms with Crippen LogP contribution in [0.3, 0.4) is 0 Å². The molecule has 4 heterocycles. The van der Waals surface area contributed by atoms with Crippen LogP contribution in [-0.2, 0) is 5.54 Å². The highest BCUT2D eigenvalue weighted by molar-refractivity contribution is 5.95.